The van der Waals surface area contributed by atoms with Crippen molar-refractivity contribution >= 4 is 40.9 Å². The number of carbonyl (C=O) groups excluding carboxylic acids is 1. The van der Waals surface area contributed by atoms with E-state index in [9.17, 15) is 4.79 Å². The Bertz CT molecular complexity index is 675. The molecular formula is C16H16Cl2N2O. The van der Waals surface area contributed by atoms with Gasteiger partial charge < -0.3 is 10.7 Å². The fraction of sp³-hybridized carbons (Fsp3) is 0.250. The van der Waals surface area contributed by atoms with Crippen molar-refractivity contribution < 1.29 is 4.79 Å². The molecule has 0 heterocycles. The lowest BCUT2D eigenvalue weighted by molar-refractivity contribution is -0.105. The molecule has 110 valence electrons. The third kappa shape index (κ3) is 3.04. The van der Waals surface area contributed by atoms with Gasteiger partial charge in [-0.2, -0.15) is 0 Å². The van der Waals surface area contributed by atoms with Gasteiger partial charge in [0.1, 0.15) is 6.29 Å². The number of nitrogens with one attached hydrogen (secondary N) is 2. The van der Waals surface area contributed by atoms with Gasteiger partial charge in [0.05, 0.1) is 10.7 Å². The summed E-state index contributed by atoms with van der Waals surface area (Å²) in [5.74, 6) is 0. The van der Waals surface area contributed by atoms with Gasteiger partial charge in [0.2, 0.25) is 0 Å². The number of hydrogen-bond donors (Lipinski definition) is 2. The van der Waals surface area contributed by atoms with Crippen LogP contribution in [0.1, 0.15) is 24.0 Å². The third-order valence-electron chi connectivity index (χ3n) is 3.48. The molecule has 1 aromatic carbocycles. The maximum atomic E-state index is 11.1. The summed E-state index contributed by atoms with van der Waals surface area (Å²) in [5.41, 5.74) is 4.01. The Morgan fingerprint density at radius 1 is 1.33 bits per heavy atom. The zero-order valence-corrected chi connectivity index (χ0v) is 13.4. The highest BCUT2D eigenvalue weighted by Crippen LogP contribution is 2.35. The molecule has 21 heavy (non-hydrogen) atoms. The Balaban J connectivity index is 2.74. The molecule has 1 aliphatic carbocycles. The molecule has 0 saturated heterocycles. The Hall–Kier alpha value is -1.58. The molecule has 2 rings (SSSR count). The second-order valence-electron chi connectivity index (χ2n) is 4.92. The summed E-state index contributed by atoms with van der Waals surface area (Å²) < 4.78 is 0. The van der Waals surface area contributed by atoms with Crippen LogP contribution in [-0.4, -0.2) is 19.0 Å². The van der Waals surface area contributed by atoms with E-state index in [2.05, 4.69) is 5.32 Å². The third-order valence-corrected chi connectivity index (χ3v) is 4.24. The van der Waals surface area contributed by atoms with Gasteiger partial charge in [-0.15, -0.1) is 0 Å². The van der Waals surface area contributed by atoms with Gasteiger partial charge in [-0.05, 0) is 31.9 Å². The fourth-order valence-corrected chi connectivity index (χ4v) is 2.94. The summed E-state index contributed by atoms with van der Waals surface area (Å²) in [6, 6.07) is 5.67. The molecule has 0 fully saturated rings. The number of aryl methyl sites for hydroxylation is 1. The van der Waals surface area contributed by atoms with E-state index in [-0.39, 0.29) is 0 Å². The van der Waals surface area contributed by atoms with Crippen LogP contribution in [0.4, 0.5) is 0 Å². The molecule has 0 aromatic heterocycles. The fourth-order valence-electron chi connectivity index (χ4n) is 2.38. The van der Waals surface area contributed by atoms with Crippen LogP contribution >= 0.6 is 23.2 Å². The van der Waals surface area contributed by atoms with E-state index in [4.69, 9.17) is 28.6 Å². The van der Waals surface area contributed by atoms with E-state index in [1.807, 2.05) is 25.1 Å². The maximum absolute atomic E-state index is 11.1. The quantitative estimate of drug-likeness (QED) is 0.824. The van der Waals surface area contributed by atoms with Crippen LogP contribution in [0.15, 0.2) is 34.4 Å². The lowest BCUT2D eigenvalue weighted by atomic mass is 9.90. The first-order valence-electron chi connectivity index (χ1n) is 6.60. The van der Waals surface area contributed by atoms with Gasteiger partial charge in [0.25, 0.3) is 0 Å². The van der Waals surface area contributed by atoms with Crippen LogP contribution in [0.3, 0.4) is 0 Å². The summed E-state index contributed by atoms with van der Waals surface area (Å²) in [6.07, 6.45) is 1.76. The predicted octanol–water partition coefficient (Wildman–Crippen LogP) is 4.08. The van der Waals surface area contributed by atoms with Crippen molar-refractivity contribution in [2.75, 3.05) is 7.05 Å². The molecular weight excluding hydrogens is 307 g/mol. The SMILES string of the molecule is CN/C(=C1\C(=N)CCC(C=O)=C1Cl)c1cc(C)ccc1Cl. The van der Waals surface area contributed by atoms with Crippen molar-refractivity contribution in [2.45, 2.75) is 19.8 Å². The first-order chi connectivity index (χ1) is 9.99. The van der Waals surface area contributed by atoms with Crippen molar-refractivity contribution in [3.8, 4) is 0 Å². The van der Waals surface area contributed by atoms with Gasteiger partial charge in [-0.1, -0.05) is 34.8 Å². The smallest absolute Gasteiger partial charge is 0.147 e. The minimum Gasteiger partial charge on any atom is -0.387 e. The topological polar surface area (TPSA) is 53.0 Å². The first-order valence-corrected chi connectivity index (χ1v) is 7.35. The van der Waals surface area contributed by atoms with E-state index in [1.165, 1.54) is 0 Å². The van der Waals surface area contributed by atoms with Crippen molar-refractivity contribution in [1.82, 2.24) is 5.32 Å². The van der Waals surface area contributed by atoms with Crippen molar-refractivity contribution in [1.29, 1.82) is 5.41 Å². The monoisotopic (exact) mass is 322 g/mol. The highest BCUT2D eigenvalue weighted by Gasteiger charge is 2.24. The average molecular weight is 323 g/mol. The van der Waals surface area contributed by atoms with Gasteiger partial charge in [-0.3, -0.25) is 4.79 Å². The number of hydrogen-bond acceptors (Lipinski definition) is 3. The lowest BCUT2D eigenvalue weighted by Crippen LogP contribution is -2.18. The Kier molecular flexibility index (Phi) is 4.86. The first kappa shape index (κ1) is 15.8. The molecule has 0 bridgehead atoms. The van der Waals surface area contributed by atoms with E-state index in [1.54, 1.807) is 7.05 Å². The molecule has 0 aliphatic heterocycles. The molecule has 3 nitrogen and oxygen atoms in total. The van der Waals surface area contributed by atoms with E-state index >= 15 is 0 Å². The molecule has 0 saturated carbocycles. The number of benzene rings is 1. The minimum absolute atomic E-state index is 0.336. The Labute approximate surface area is 134 Å². The molecule has 0 radical (unpaired) electrons. The lowest BCUT2D eigenvalue weighted by Gasteiger charge is -2.22. The second kappa shape index (κ2) is 6.46. The van der Waals surface area contributed by atoms with Gasteiger partial charge in [0, 0.05) is 34.5 Å². The highest BCUT2D eigenvalue weighted by molar-refractivity contribution is 6.39. The molecule has 1 aromatic rings. The number of carbonyl (C=O) groups is 1. The van der Waals surface area contributed by atoms with E-state index < -0.39 is 0 Å². The molecule has 0 atom stereocenters. The molecule has 0 spiro atoms. The van der Waals surface area contributed by atoms with Crippen molar-refractivity contribution in [3.63, 3.8) is 0 Å². The summed E-state index contributed by atoms with van der Waals surface area (Å²) >= 11 is 12.6. The predicted molar refractivity (Wildman–Crippen MR) is 88.1 cm³/mol. The molecule has 1 aliphatic rings. The van der Waals surface area contributed by atoms with E-state index in [0.29, 0.717) is 45.5 Å². The average Bonchev–Trinajstić information content (AvgIpc) is 2.46. The minimum atomic E-state index is 0.336. The molecule has 5 heteroatoms. The molecule has 0 amide bonds. The van der Waals surface area contributed by atoms with Crippen LogP contribution in [0.5, 0.6) is 0 Å². The summed E-state index contributed by atoms with van der Waals surface area (Å²) in [7, 11) is 1.76. The number of halogens is 2. The maximum Gasteiger partial charge on any atom is 0.147 e. The van der Waals surface area contributed by atoms with Crippen molar-refractivity contribution in [2.24, 2.45) is 0 Å². The summed E-state index contributed by atoms with van der Waals surface area (Å²) in [5, 5.41) is 12.2. The molecule has 2 N–H and O–H groups in total. The van der Waals surface area contributed by atoms with Crippen LogP contribution in [-0.2, 0) is 4.79 Å². The highest BCUT2D eigenvalue weighted by atomic mass is 35.5. The number of rotatable bonds is 3. The second-order valence-corrected chi connectivity index (χ2v) is 5.70. The summed E-state index contributed by atoms with van der Waals surface area (Å²) in [6.45, 7) is 1.97. The van der Waals surface area contributed by atoms with E-state index in [0.717, 1.165) is 17.4 Å². The Morgan fingerprint density at radius 3 is 2.67 bits per heavy atom. The van der Waals surface area contributed by atoms with Gasteiger partial charge >= 0.3 is 0 Å². The van der Waals surface area contributed by atoms with Crippen LogP contribution in [0.25, 0.3) is 5.70 Å². The standard InChI is InChI=1S/C16H16Cl2N2O/c1-9-3-5-12(17)11(7-9)16(20-2)14-13(19)6-4-10(8-21)15(14)18/h3,5,7-8,19-20H,4,6H2,1-2H3/b16-14+,19-13?. The number of aldehydes is 1. The summed E-state index contributed by atoms with van der Waals surface area (Å²) in [4.78, 5) is 11.1. The zero-order valence-electron chi connectivity index (χ0n) is 11.9. The Morgan fingerprint density at radius 2 is 2.05 bits per heavy atom. The largest absolute Gasteiger partial charge is 0.387 e. The molecule has 0 unspecified atom stereocenters. The normalized spacial score (nSPS) is 17.8. The van der Waals surface area contributed by atoms with Gasteiger partial charge in [-0.25, -0.2) is 0 Å². The van der Waals surface area contributed by atoms with Gasteiger partial charge in [0.15, 0.2) is 0 Å². The zero-order chi connectivity index (χ0) is 15.6. The van der Waals surface area contributed by atoms with Crippen molar-refractivity contribution in [3.05, 3.63) is 50.5 Å². The number of allylic oxidation sites excluding steroid dienone is 3. The van der Waals surface area contributed by atoms with Crippen LogP contribution in [0, 0.1) is 12.3 Å². The van der Waals surface area contributed by atoms with Crippen LogP contribution < -0.4 is 5.32 Å². The van der Waals surface area contributed by atoms with Crippen LogP contribution in [0.2, 0.25) is 5.02 Å².